The Bertz CT molecular complexity index is 700. The molecule has 0 aliphatic heterocycles. The van der Waals surface area contributed by atoms with Gasteiger partial charge in [-0.25, -0.2) is 8.42 Å². The zero-order chi connectivity index (χ0) is 17.1. The number of carbonyl (C=O) groups excluding carboxylic acids is 1. The van der Waals surface area contributed by atoms with Gasteiger partial charge in [-0.1, -0.05) is 13.8 Å². The molecule has 0 saturated heterocycles. The number of nitrogens with zero attached hydrogens (tertiary/aromatic N) is 1. The van der Waals surface area contributed by atoms with E-state index in [0.717, 1.165) is 0 Å². The van der Waals surface area contributed by atoms with Gasteiger partial charge >= 0.3 is 0 Å². The summed E-state index contributed by atoms with van der Waals surface area (Å²) in [4.78, 5) is 23.3. The van der Waals surface area contributed by atoms with Crippen molar-refractivity contribution in [3.63, 3.8) is 0 Å². The van der Waals surface area contributed by atoms with E-state index in [0.29, 0.717) is 17.5 Å². The Labute approximate surface area is 129 Å². The molecule has 2 N–H and O–H groups in total. The summed E-state index contributed by atoms with van der Waals surface area (Å²) in [6, 6.07) is 2.41. The maximum atomic E-state index is 12.2. The van der Waals surface area contributed by atoms with Gasteiger partial charge in [0.05, 0.1) is 4.92 Å². The molecule has 1 amide bonds. The van der Waals surface area contributed by atoms with Gasteiger partial charge in [0.2, 0.25) is 5.91 Å². The van der Waals surface area contributed by atoms with Crippen LogP contribution >= 0.6 is 0 Å². The highest BCUT2D eigenvalue weighted by Gasteiger charge is 2.27. The lowest BCUT2D eigenvalue weighted by molar-refractivity contribution is -0.387. The summed E-state index contributed by atoms with van der Waals surface area (Å²) in [5.41, 5.74) is 2.74. The number of sulfonamides is 1. The number of nitro groups is 1. The lowest BCUT2D eigenvalue weighted by Crippen LogP contribution is -2.44. The Morgan fingerprint density at radius 2 is 1.86 bits per heavy atom. The highest BCUT2D eigenvalue weighted by Crippen LogP contribution is 2.26. The van der Waals surface area contributed by atoms with Gasteiger partial charge in [-0.3, -0.25) is 20.3 Å². The average Bonchev–Trinajstić information content (AvgIpc) is 2.45. The fourth-order valence-corrected chi connectivity index (χ4v) is 2.70. The number of nitro benzene ring substituents is 1. The Balaban J connectivity index is 3.15. The minimum atomic E-state index is -4.24. The third-order valence-electron chi connectivity index (χ3n) is 3.43. The third kappa shape index (κ3) is 4.01. The van der Waals surface area contributed by atoms with E-state index in [2.05, 4.69) is 5.43 Å². The predicted molar refractivity (Wildman–Crippen MR) is 80.5 cm³/mol. The predicted octanol–water partition coefficient (Wildman–Crippen LogP) is 1.57. The zero-order valence-corrected chi connectivity index (χ0v) is 13.7. The SMILES string of the molecule is CC[C@H](C)C(=O)NNS(=O)(=O)c1cc(C)c(C)cc1[N+](=O)[O-]. The van der Waals surface area contributed by atoms with Crippen LogP contribution in [0.5, 0.6) is 0 Å². The topological polar surface area (TPSA) is 118 Å². The molecule has 0 aliphatic carbocycles. The third-order valence-corrected chi connectivity index (χ3v) is 4.71. The van der Waals surface area contributed by atoms with Crippen LogP contribution in [0.1, 0.15) is 31.4 Å². The molecule has 0 radical (unpaired) electrons. The number of benzene rings is 1. The van der Waals surface area contributed by atoms with Crippen molar-refractivity contribution in [2.75, 3.05) is 0 Å². The van der Waals surface area contributed by atoms with Crippen molar-refractivity contribution >= 4 is 21.6 Å². The fourth-order valence-electron chi connectivity index (χ4n) is 1.61. The van der Waals surface area contributed by atoms with E-state index in [9.17, 15) is 23.3 Å². The first-order valence-corrected chi connectivity index (χ1v) is 8.15. The normalized spacial score (nSPS) is 12.7. The van der Waals surface area contributed by atoms with Crippen molar-refractivity contribution < 1.29 is 18.1 Å². The molecule has 9 heteroatoms. The van der Waals surface area contributed by atoms with Gasteiger partial charge in [0.1, 0.15) is 0 Å². The first-order valence-electron chi connectivity index (χ1n) is 6.67. The maximum absolute atomic E-state index is 12.2. The lowest BCUT2D eigenvalue weighted by atomic mass is 10.1. The molecule has 122 valence electrons. The molecule has 8 nitrogen and oxygen atoms in total. The Hall–Kier alpha value is -2.00. The molecule has 0 unspecified atom stereocenters. The first kappa shape index (κ1) is 18.1. The van der Waals surface area contributed by atoms with Crippen LogP contribution in [-0.4, -0.2) is 19.2 Å². The van der Waals surface area contributed by atoms with E-state index in [1.165, 1.54) is 12.1 Å². The van der Waals surface area contributed by atoms with Gasteiger partial charge in [-0.05, 0) is 37.5 Å². The molecular formula is C13H19N3O5S. The van der Waals surface area contributed by atoms with Crippen molar-refractivity contribution in [1.82, 2.24) is 10.3 Å². The van der Waals surface area contributed by atoms with Crippen LogP contribution < -0.4 is 10.3 Å². The minimum Gasteiger partial charge on any atom is -0.277 e. The van der Waals surface area contributed by atoms with Crippen molar-refractivity contribution in [2.24, 2.45) is 5.92 Å². The first-order chi connectivity index (χ1) is 10.1. The number of carbonyl (C=O) groups is 1. The van der Waals surface area contributed by atoms with Crippen LogP contribution in [0.2, 0.25) is 0 Å². The molecule has 22 heavy (non-hydrogen) atoms. The molecule has 0 bridgehead atoms. The molecule has 0 aromatic heterocycles. The van der Waals surface area contributed by atoms with E-state index < -0.39 is 31.4 Å². The van der Waals surface area contributed by atoms with E-state index in [1.807, 2.05) is 4.83 Å². The number of nitrogens with one attached hydrogen (secondary N) is 2. The summed E-state index contributed by atoms with van der Waals surface area (Å²) in [6.07, 6.45) is 0.539. The van der Waals surface area contributed by atoms with Crippen LogP contribution in [0, 0.1) is 29.9 Å². The second-order valence-corrected chi connectivity index (χ2v) is 6.72. The van der Waals surface area contributed by atoms with Crippen LogP contribution in [0.3, 0.4) is 0 Å². The Morgan fingerprint density at radius 3 is 2.36 bits per heavy atom. The minimum absolute atomic E-state index is 0.377. The summed E-state index contributed by atoms with van der Waals surface area (Å²) >= 11 is 0. The van der Waals surface area contributed by atoms with Gasteiger partial charge in [-0.2, -0.15) is 0 Å². The lowest BCUT2D eigenvalue weighted by Gasteiger charge is -2.12. The average molecular weight is 329 g/mol. The summed E-state index contributed by atoms with van der Waals surface area (Å²) in [7, 11) is -4.24. The summed E-state index contributed by atoms with van der Waals surface area (Å²) < 4.78 is 24.4. The number of hydrogen-bond donors (Lipinski definition) is 2. The van der Waals surface area contributed by atoms with Crippen LogP contribution in [0.4, 0.5) is 5.69 Å². The van der Waals surface area contributed by atoms with Gasteiger partial charge in [0.25, 0.3) is 15.7 Å². The quantitative estimate of drug-likeness (QED) is 0.606. The van der Waals surface area contributed by atoms with E-state index >= 15 is 0 Å². The number of rotatable bonds is 6. The van der Waals surface area contributed by atoms with Crippen molar-refractivity contribution in [1.29, 1.82) is 0 Å². The smallest absolute Gasteiger partial charge is 0.277 e. The van der Waals surface area contributed by atoms with Gasteiger partial charge in [0.15, 0.2) is 4.90 Å². The summed E-state index contributed by atoms with van der Waals surface area (Å²) in [5, 5.41) is 11.1. The zero-order valence-electron chi connectivity index (χ0n) is 12.8. The van der Waals surface area contributed by atoms with Crippen LogP contribution in [0.25, 0.3) is 0 Å². The standard InChI is InChI=1S/C13H19N3O5S/c1-5-8(2)13(17)14-15-22(20,21)12-7-10(4)9(3)6-11(12)16(18)19/h6-8,15H,5H2,1-4H3,(H,14,17)/t8-/m0/s1. The molecule has 1 rings (SSSR count). The molecule has 0 spiro atoms. The summed E-state index contributed by atoms with van der Waals surface area (Å²) in [6.45, 7) is 6.72. The molecule has 0 saturated carbocycles. The molecular weight excluding hydrogens is 310 g/mol. The molecule has 0 aliphatic rings. The fraction of sp³-hybridized carbons (Fsp3) is 0.462. The van der Waals surface area contributed by atoms with Crippen molar-refractivity contribution in [3.05, 3.63) is 33.4 Å². The van der Waals surface area contributed by atoms with Gasteiger partial charge in [-0.15, -0.1) is 4.83 Å². The second-order valence-electron chi connectivity index (χ2n) is 5.07. The van der Waals surface area contributed by atoms with Gasteiger partial charge in [0, 0.05) is 12.0 Å². The van der Waals surface area contributed by atoms with Crippen LogP contribution in [0.15, 0.2) is 17.0 Å². The van der Waals surface area contributed by atoms with Gasteiger partial charge < -0.3 is 0 Å². The van der Waals surface area contributed by atoms with Crippen molar-refractivity contribution in [2.45, 2.75) is 39.0 Å². The van der Waals surface area contributed by atoms with E-state index in [-0.39, 0.29) is 5.92 Å². The number of aryl methyl sites for hydroxylation is 2. The molecule has 1 aromatic rings. The van der Waals surface area contributed by atoms with E-state index in [4.69, 9.17) is 0 Å². The highest BCUT2D eigenvalue weighted by atomic mass is 32.2. The van der Waals surface area contributed by atoms with Crippen LogP contribution in [-0.2, 0) is 14.8 Å². The molecule has 1 aromatic carbocycles. The second kappa shape index (κ2) is 6.84. The molecule has 1 atom stereocenters. The molecule has 0 heterocycles. The largest absolute Gasteiger partial charge is 0.289 e. The monoisotopic (exact) mass is 329 g/mol. The molecule has 0 fully saturated rings. The number of hydrogen-bond acceptors (Lipinski definition) is 5. The number of hydrazine groups is 1. The highest BCUT2D eigenvalue weighted by molar-refractivity contribution is 7.89. The maximum Gasteiger partial charge on any atom is 0.289 e. The van der Waals surface area contributed by atoms with Crippen molar-refractivity contribution in [3.8, 4) is 0 Å². The summed E-state index contributed by atoms with van der Waals surface area (Å²) in [5.74, 6) is -0.880. The Kier molecular flexibility index (Phi) is 5.61. The Morgan fingerprint density at radius 1 is 1.32 bits per heavy atom. The van der Waals surface area contributed by atoms with E-state index in [1.54, 1.807) is 27.7 Å². The number of amides is 1.